The minimum absolute atomic E-state index is 0. The Hall–Kier alpha value is 0.960. The molecular weight excluding hydrogens is 205 g/mol. The van der Waals surface area contributed by atoms with Gasteiger partial charge < -0.3 is 0 Å². The molecule has 8 heavy (non-hydrogen) atoms. The molecule has 0 saturated carbocycles. The summed E-state index contributed by atoms with van der Waals surface area (Å²) >= 11 is 1.83. The second-order valence-corrected chi connectivity index (χ2v) is 6.35. The molecule has 0 amide bonds. The van der Waals surface area contributed by atoms with Gasteiger partial charge in [-0.3, -0.25) is 9.41 Å². The molecule has 0 unspecified atom stereocenters. The SMILES string of the molecule is CCCC[SiH2][Zr].F.F. The number of hydrogen-bond acceptors (Lipinski definition) is 0. The fourth-order valence-electron chi connectivity index (χ4n) is 0.375. The Labute approximate surface area is 65.8 Å². The molecule has 0 aromatic heterocycles. The van der Waals surface area contributed by atoms with Crippen LogP contribution in [0.25, 0.3) is 0 Å². The van der Waals surface area contributed by atoms with Crippen molar-refractivity contribution in [2.24, 2.45) is 0 Å². The van der Waals surface area contributed by atoms with E-state index >= 15 is 0 Å². The van der Waals surface area contributed by atoms with Gasteiger partial charge in [-0.2, -0.15) is 0 Å². The van der Waals surface area contributed by atoms with Gasteiger partial charge in [-0.25, -0.2) is 0 Å². The van der Waals surface area contributed by atoms with Crippen LogP contribution in [0.4, 0.5) is 9.41 Å². The molecule has 4 heteroatoms. The number of hydrogen-bond donors (Lipinski definition) is 0. The molecule has 0 fully saturated rings. The summed E-state index contributed by atoms with van der Waals surface area (Å²) in [5.74, 6) is 0. The molecule has 51 valence electrons. The van der Waals surface area contributed by atoms with E-state index in [0.717, 1.165) is 0 Å². The van der Waals surface area contributed by atoms with Crippen molar-refractivity contribution in [2.75, 3.05) is 0 Å². The zero-order chi connectivity index (χ0) is 4.83. The molecule has 0 rings (SSSR count). The first kappa shape index (κ1) is 16.0. The molecular formula is C4H13F2SiZr. The molecule has 0 aromatic carbocycles. The molecule has 0 aliphatic carbocycles. The quantitative estimate of drug-likeness (QED) is 0.492. The van der Waals surface area contributed by atoms with E-state index in [2.05, 4.69) is 6.92 Å². The maximum Gasteiger partial charge on any atom is -0.269 e. The van der Waals surface area contributed by atoms with E-state index in [1.54, 1.807) is 6.04 Å². The molecule has 0 nitrogen and oxygen atoms in total. The number of halogens is 2. The number of unbranched alkanes of at least 4 members (excludes halogenated alkanes) is 1. The molecule has 0 aromatic rings. The van der Waals surface area contributed by atoms with Crippen LogP contribution in [0.2, 0.25) is 6.04 Å². The topological polar surface area (TPSA) is 0 Å². The van der Waals surface area contributed by atoms with Crippen LogP contribution in [-0.4, -0.2) is 6.65 Å². The molecule has 0 heterocycles. The second-order valence-electron chi connectivity index (χ2n) is 1.46. The van der Waals surface area contributed by atoms with E-state index in [4.69, 9.17) is 0 Å². The van der Waals surface area contributed by atoms with Gasteiger partial charge >= 0.3 is 56.3 Å². The minimum Gasteiger partial charge on any atom is -0.269 e. The van der Waals surface area contributed by atoms with Crippen LogP contribution in [0.5, 0.6) is 0 Å². The molecule has 0 saturated heterocycles. The molecule has 0 aliphatic rings. The van der Waals surface area contributed by atoms with E-state index < -0.39 is 0 Å². The Morgan fingerprint density at radius 2 is 1.88 bits per heavy atom. The van der Waals surface area contributed by atoms with Crippen LogP contribution in [-0.2, 0) is 23.9 Å². The van der Waals surface area contributed by atoms with Gasteiger partial charge in [-0.15, -0.1) is 0 Å². The second kappa shape index (κ2) is 15.7. The van der Waals surface area contributed by atoms with E-state index in [9.17, 15) is 0 Å². The van der Waals surface area contributed by atoms with Crippen LogP contribution in [0, 0.1) is 0 Å². The smallest absolute Gasteiger partial charge is 0.269 e. The van der Waals surface area contributed by atoms with Gasteiger partial charge in [-0.1, -0.05) is 0 Å². The average molecular weight is 218 g/mol. The summed E-state index contributed by atoms with van der Waals surface area (Å²) in [6.45, 7) is 2.76. The Balaban J connectivity index is -0.000000125. The van der Waals surface area contributed by atoms with Gasteiger partial charge in [0.1, 0.15) is 0 Å². The fourth-order valence-corrected chi connectivity index (χ4v) is 2.97. The van der Waals surface area contributed by atoms with Crippen molar-refractivity contribution in [1.82, 2.24) is 0 Å². The molecule has 0 spiro atoms. The zero-order valence-corrected chi connectivity index (χ0v) is 9.02. The third kappa shape index (κ3) is 15.8. The van der Waals surface area contributed by atoms with Crippen molar-refractivity contribution >= 4 is 6.65 Å². The molecule has 0 N–H and O–H groups in total. The molecule has 0 aliphatic heterocycles. The Morgan fingerprint density at radius 1 is 1.38 bits per heavy atom. The Kier molecular flexibility index (Phi) is 31.3. The third-order valence-corrected chi connectivity index (χ3v) is 4.24. The van der Waals surface area contributed by atoms with Gasteiger partial charge in [-0.05, 0) is 0 Å². The van der Waals surface area contributed by atoms with Crippen molar-refractivity contribution in [2.45, 2.75) is 25.8 Å². The summed E-state index contributed by atoms with van der Waals surface area (Å²) in [5.41, 5.74) is 0. The average Bonchev–Trinajstić information content (AvgIpc) is 1.61. The van der Waals surface area contributed by atoms with Crippen molar-refractivity contribution in [3.05, 3.63) is 0 Å². The maximum atomic E-state index is 2.26. The summed E-state index contributed by atoms with van der Waals surface area (Å²) in [5, 5.41) is 0. The monoisotopic (exact) mass is 217 g/mol. The number of rotatable bonds is 3. The minimum atomic E-state index is 0. The first-order valence-corrected chi connectivity index (χ1v) is 9.48. The van der Waals surface area contributed by atoms with Crippen molar-refractivity contribution < 1.29 is 33.3 Å². The van der Waals surface area contributed by atoms with Gasteiger partial charge in [0, 0.05) is 0 Å². The van der Waals surface area contributed by atoms with E-state index in [1.165, 1.54) is 12.8 Å². The zero-order valence-electron chi connectivity index (χ0n) is 5.14. The van der Waals surface area contributed by atoms with Crippen LogP contribution >= 0.6 is 0 Å². The normalized spacial score (nSPS) is 8.00. The van der Waals surface area contributed by atoms with Crippen molar-refractivity contribution in [1.29, 1.82) is 0 Å². The summed E-state index contributed by atoms with van der Waals surface area (Å²) in [7, 11) is 0. The molecule has 0 atom stereocenters. The summed E-state index contributed by atoms with van der Waals surface area (Å²) in [6, 6.07) is 1.59. The third-order valence-electron chi connectivity index (χ3n) is 0.780. The first-order valence-electron chi connectivity index (χ1n) is 2.56. The van der Waals surface area contributed by atoms with Gasteiger partial charge in [0.15, 0.2) is 0 Å². The summed E-state index contributed by atoms with van der Waals surface area (Å²) < 4.78 is 0. The Bertz CT molecular complexity index is 26.0. The molecule has 0 radical (unpaired) electrons. The standard InChI is InChI=1S/C4H11Si.2FH.Zr/c1-2-3-4-5;;;/h2-5H2,1H3;2*1H;. The largest absolute Gasteiger partial charge is 0.269 e. The van der Waals surface area contributed by atoms with Gasteiger partial charge in [0.05, 0.1) is 0 Å². The van der Waals surface area contributed by atoms with Crippen molar-refractivity contribution in [3.8, 4) is 0 Å². The summed E-state index contributed by atoms with van der Waals surface area (Å²) in [6.07, 6.45) is 2.90. The Morgan fingerprint density at radius 3 is 2.00 bits per heavy atom. The van der Waals surface area contributed by atoms with Crippen LogP contribution in [0.3, 0.4) is 0 Å². The molecule has 0 bridgehead atoms. The van der Waals surface area contributed by atoms with E-state index in [0.29, 0.717) is 6.65 Å². The van der Waals surface area contributed by atoms with Gasteiger partial charge in [0.25, 0.3) is 0 Å². The van der Waals surface area contributed by atoms with E-state index in [1.807, 2.05) is 23.9 Å². The van der Waals surface area contributed by atoms with E-state index in [-0.39, 0.29) is 9.41 Å². The fraction of sp³-hybridized carbons (Fsp3) is 1.00. The van der Waals surface area contributed by atoms with Crippen LogP contribution < -0.4 is 0 Å². The summed E-state index contributed by atoms with van der Waals surface area (Å²) in [4.78, 5) is 0. The first-order chi connectivity index (χ1) is 2.91. The van der Waals surface area contributed by atoms with Crippen molar-refractivity contribution in [3.63, 3.8) is 0 Å². The van der Waals surface area contributed by atoms with Gasteiger partial charge in [0.2, 0.25) is 0 Å². The predicted octanol–water partition coefficient (Wildman–Crippen LogP) is 1.14. The van der Waals surface area contributed by atoms with Crippen LogP contribution in [0.15, 0.2) is 0 Å². The maximum absolute atomic E-state index is 2.26. The van der Waals surface area contributed by atoms with Crippen LogP contribution in [0.1, 0.15) is 19.8 Å². The predicted molar refractivity (Wildman–Crippen MR) is 33.3 cm³/mol.